The van der Waals surface area contributed by atoms with E-state index in [0.717, 1.165) is 12.8 Å². The van der Waals surface area contributed by atoms with Gasteiger partial charge in [0.05, 0.1) is 6.10 Å². The number of carbonyl (C=O) groups excluding carboxylic acids is 1. The van der Waals surface area contributed by atoms with E-state index >= 15 is 0 Å². The Balaban J connectivity index is 2.22. The van der Waals surface area contributed by atoms with Gasteiger partial charge in [-0.15, -0.1) is 6.58 Å². The largest absolute Gasteiger partial charge is 0.392 e. The van der Waals surface area contributed by atoms with E-state index in [1.54, 1.807) is 6.92 Å². The zero-order chi connectivity index (χ0) is 12.6. The molecule has 2 aliphatic carbocycles. The summed E-state index contributed by atoms with van der Waals surface area (Å²) in [5, 5.41) is 10.5. The van der Waals surface area contributed by atoms with Crippen molar-refractivity contribution in [2.75, 3.05) is 0 Å². The maximum atomic E-state index is 11.6. The quantitative estimate of drug-likeness (QED) is 0.749. The van der Waals surface area contributed by atoms with E-state index < -0.39 is 6.10 Å². The SMILES string of the molecule is C=CC1C(C)CCC2CCC(C(C)=O)C(O)C21. The van der Waals surface area contributed by atoms with Crippen molar-refractivity contribution < 1.29 is 9.90 Å². The average Bonchev–Trinajstić information content (AvgIpc) is 2.29. The molecule has 2 rings (SSSR count). The summed E-state index contributed by atoms with van der Waals surface area (Å²) in [6, 6.07) is 0. The van der Waals surface area contributed by atoms with Gasteiger partial charge in [-0.3, -0.25) is 4.79 Å². The summed E-state index contributed by atoms with van der Waals surface area (Å²) in [6.45, 7) is 7.79. The van der Waals surface area contributed by atoms with Gasteiger partial charge in [-0.05, 0) is 56.3 Å². The van der Waals surface area contributed by atoms with Gasteiger partial charge in [-0.2, -0.15) is 0 Å². The molecule has 2 aliphatic rings. The number of rotatable bonds is 2. The van der Waals surface area contributed by atoms with Gasteiger partial charge in [0.15, 0.2) is 0 Å². The highest BCUT2D eigenvalue weighted by molar-refractivity contribution is 5.79. The molecule has 2 saturated carbocycles. The zero-order valence-electron chi connectivity index (χ0n) is 10.9. The maximum Gasteiger partial charge on any atom is 0.135 e. The lowest BCUT2D eigenvalue weighted by molar-refractivity contribution is -0.133. The Kier molecular flexibility index (Phi) is 3.72. The van der Waals surface area contributed by atoms with E-state index in [1.165, 1.54) is 12.8 Å². The molecule has 0 amide bonds. The van der Waals surface area contributed by atoms with Gasteiger partial charge in [-0.25, -0.2) is 0 Å². The first-order valence-corrected chi connectivity index (χ1v) is 6.87. The minimum atomic E-state index is -0.447. The number of carbonyl (C=O) groups is 1. The zero-order valence-corrected chi connectivity index (χ0v) is 10.9. The van der Waals surface area contributed by atoms with Crippen LogP contribution in [0.5, 0.6) is 0 Å². The lowest BCUT2D eigenvalue weighted by atomic mass is 9.58. The fourth-order valence-electron chi connectivity index (χ4n) is 4.06. The van der Waals surface area contributed by atoms with Gasteiger partial charge in [-0.1, -0.05) is 13.0 Å². The standard InChI is InChI=1S/C15H24O2/c1-4-12-9(2)5-6-11-7-8-13(10(3)16)15(17)14(11)12/h4,9,11-15,17H,1,5-8H2,2-3H3. The fraction of sp³-hybridized carbons (Fsp3) is 0.800. The Morgan fingerprint density at radius 2 is 1.94 bits per heavy atom. The second-order valence-electron chi connectivity index (χ2n) is 5.99. The van der Waals surface area contributed by atoms with E-state index in [4.69, 9.17) is 0 Å². The summed E-state index contributed by atoms with van der Waals surface area (Å²) in [5.74, 6) is 1.85. The smallest absolute Gasteiger partial charge is 0.135 e. The van der Waals surface area contributed by atoms with Crippen LogP contribution in [-0.2, 0) is 4.79 Å². The summed E-state index contributed by atoms with van der Waals surface area (Å²) < 4.78 is 0. The predicted molar refractivity (Wildman–Crippen MR) is 68.5 cm³/mol. The molecule has 0 spiro atoms. The monoisotopic (exact) mass is 236 g/mol. The van der Waals surface area contributed by atoms with E-state index in [9.17, 15) is 9.90 Å². The first-order chi connectivity index (χ1) is 8.06. The number of hydrogen-bond donors (Lipinski definition) is 1. The van der Waals surface area contributed by atoms with Crippen LogP contribution in [0.25, 0.3) is 0 Å². The molecule has 2 nitrogen and oxygen atoms in total. The molecule has 2 heteroatoms. The van der Waals surface area contributed by atoms with Gasteiger partial charge in [0.25, 0.3) is 0 Å². The van der Waals surface area contributed by atoms with Crippen LogP contribution in [0.15, 0.2) is 12.7 Å². The summed E-state index contributed by atoms with van der Waals surface area (Å²) in [7, 11) is 0. The molecular weight excluding hydrogens is 212 g/mol. The highest BCUT2D eigenvalue weighted by Crippen LogP contribution is 2.48. The third-order valence-electron chi connectivity index (χ3n) is 5.09. The molecule has 6 unspecified atom stereocenters. The molecule has 96 valence electrons. The molecule has 0 aromatic rings. The topological polar surface area (TPSA) is 37.3 Å². The van der Waals surface area contributed by atoms with E-state index in [0.29, 0.717) is 17.8 Å². The van der Waals surface area contributed by atoms with E-state index in [2.05, 4.69) is 13.5 Å². The van der Waals surface area contributed by atoms with Gasteiger partial charge in [0.2, 0.25) is 0 Å². The Bertz CT molecular complexity index is 310. The van der Waals surface area contributed by atoms with Crippen LogP contribution >= 0.6 is 0 Å². The molecule has 0 saturated heterocycles. The Morgan fingerprint density at radius 3 is 2.53 bits per heavy atom. The second-order valence-corrected chi connectivity index (χ2v) is 5.99. The summed E-state index contributed by atoms with van der Waals surface area (Å²) in [4.78, 5) is 11.6. The molecule has 2 fully saturated rings. The highest BCUT2D eigenvalue weighted by Gasteiger charge is 2.46. The minimum absolute atomic E-state index is 0.135. The summed E-state index contributed by atoms with van der Waals surface area (Å²) in [6.07, 6.45) is 5.97. The molecule has 0 aromatic heterocycles. The van der Waals surface area contributed by atoms with Crippen molar-refractivity contribution in [1.82, 2.24) is 0 Å². The molecule has 1 N–H and O–H groups in total. The first kappa shape index (κ1) is 12.8. The number of ketones is 1. The van der Waals surface area contributed by atoms with Crippen molar-refractivity contribution in [3.05, 3.63) is 12.7 Å². The van der Waals surface area contributed by atoms with E-state index in [-0.39, 0.29) is 17.6 Å². The Hall–Kier alpha value is -0.630. The second kappa shape index (κ2) is 4.93. The third-order valence-corrected chi connectivity index (χ3v) is 5.09. The van der Waals surface area contributed by atoms with Crippen LogP contribution in [0.4, 0.5) is 0 Å². The maximum absolute atomic E-state index is 11.6. The van der Waals surface area contributed by atoms with Crippen molar-refractivity contribution in [2.24, 2.45) is 29.6 Å². The lowest BCUT2D eigenvalue weighted by Gasteiger charge is -2.48. The van der Waals surface area contributed by atoms with Crippen LogP contribution in [0.1, 0.15) is 39.5 Å². The van der Waals surface area contributed by atoms with Gasteiger partial charge in [0.1, 0.15) is 5.78 Å². The van der Waals surface area contributed by atoms with Crippen molar-refractivity contribution in [1.29, 1.82) is 0 Å². The molecular formula is C15H24O2. The highest BCUT2D eigenvalue weighted by atomic mass is 16.3. The van der Waals surface area contributed by atoms with Crippen LogP contribution in [0.2, 0.25) is 0 Å². The van der Waals surface area contributed by atoms with Gasteiger partial charge < -0.3 is 5.11 Å². The van der Waals surface area contributed by atoms with Crippen molar-refractivity contribution in [3.63, 3.8) is 0 Å². The van der Waals surface area contributed by atoms with Crippen molar-refractivity contribution in [2.45, 2.75) is 45.6 Å². The molecule has 17 heavy (non-hydrogen) atoms. The van der Waals surface area contributed by atoms with Gasteiger partial charge >= 0.3 is 0 Å². The summed E-state index contributed by atoms with van der Waals surface area (Å²) in [5.41, 5.74) is 0. The molecule has 0 aliphatic heterocycles. The normalized spacial score (nSPS) is 46.1. The number of fused-ring (bicyclic) bond motifs is 1. The Labute approximate surface area is 104 Å². The number of hydrogen-bond acceptors (Lipinski definition) is 2. The number of allylic oxidation sites excluding steroid dienone is 1. The fourth-order valence-corrected chi connectivity index (χ4v) is 4.06. The Morgan fingerprint density at radius 1 is 1.29 bits per heavy atom. The minimum Gasteiger partial charge on any atom is -0.392 e. The van der Waals surface area contributed by atoms with Crippen LogP contribution in [0.3, 0.4) is 0 Å². The first-order valence-electron chi connectivity index (χ1n) is 6.87. The number of aliphatic hydroxyl groups excluding tert-OH is 1. The van der Waals surface area contributed by atoms with Gasteiger partial charge in [0, 0.05) is 5.92 Å². The molecule has 0 aromatic carbocycles. The molecule has 0 radical (unpaired) electrons. The average molecular weight is 236 g/mol. The molecule has 0 heterocycles. The molecule has 0 bridgehead atoms. The lowest BCUT2D eigenvalue weighted by Crippen LogP contribution is -2.48. The number of aliphatic hydroxyl groups is 1. The number of Topliss-reactive ketones (excluding diaryl/α,β-unsaturated/α-hetero) is 1. The predicted octanol–water partition coefficient (Wildman–Crippen LogP) is 2.81. The van der Waals surface area contributed by atoms with Crippen LogP contribution in [-0.4, -0.2) is 17.0 Å². The van der Waals surface area contributed by atoms with Crippen molar-refractivity contribution >= 4 is 5.78 Å². The van der Waals surface area contributed by atoms with E-state index in [1.807, 2.05) is 6.08 Å². The summed E-state index contributed by atoms with van der Waals surface area (Å²) >= 11 is 0. The molecule has 6 atom stereocenters. The third kappa shape index (κ3) is 2.20. The van der Waals surface area contributed by atoms with Crippen molar-refractivity contribution in [3.8, 4) is 0 Å². The van der Waals surface area contributed by atoms with Crippen LogP contribution < -0.4 is 0 Å². The van der Waals surface area contributed by atoms with Crippen LogP contribution in [0, 0.1) is 29.6 Å².